The Bertz CT molecular complexity index is 413. The predicted molar refractivity (Wildman–Crippen MR) is 86.6 cm³/mol. The largest absolute Gasteiger partial charge is 0.490 e. The van der Waals surface area contributed by atoms with Crippen LogP contribution < -0.4 is 14.8 Å². The molecular weight excluding hydrogens is 290 g/mol. The van der Waals surface area contributed by atoms with E-state index in [9.17, 15) is 0 Å². The topological polar surface area (TPSA) is 39.7 Å². The number of ether oxygens (including phenoxy) is 3. The smallest absolute Gasteiger partial charge is 0.162 e. The molecule has 5 heteroatoms. The molecule has 0 radical (unpaired) electrons. The molecule has 1 aromatic carbocycles. The van der Waals surface area contributed by atoms with Crippen molar-refractivity contribution in [2.24, 2.45) is 0 Å². The second kappa shape index (κ2) is 10.7. The zero-order valence-corrected chi connectivity index (χ0v) is 14.0. The fourth-order valence-corrected chi connectivity index (χ4v) is 2.09. The molecule has 0 heterocycles. The minimum Gasteiger partial charge on any atom is -0.490 e. The lowest BCUT2D eigenvalue weighted by molar-refractivity contribution is 0.194. The number of hydrogen-bond acceptors (Lipinski definition) is 4. The van der Waals surface area contributed by atoms with Crippen molar-refractivity contribution in [3.05, 3.63) is 22.7 Å². The average molecular weight is 316 g/mol. The van der Waals surface area contributed by atoms with Crippen LogP contribution in [0.25, 0.3) is 0 Å². The first kappa shape index (κ1) is 18.1. The summed E-state index contributed by atoms with van der Waals surface area (Å²) in [5.41, 5.74) is 1.02. The number of methoxy groups -OCH3 is 1. The van der Waals surface area contributed by atoms with E-state index in [0.29, 0.717) is 30.5 Å². The molecule has 0 aromatic heterocycles. The number of rotatable bonds is 11. The van der Waals surface area contributed by atoms with Crippen LogP contribution in [0.4, 0.5) is 0 Å². The van der Waals surface area contributed by atoms with Gasteiger partial charge < -0.3 is 19.5 Å². The van der Waals surface area contributed by atoms with Crippen LogP contribution in [0.2, 0.25) is 5.02 Å². The van der Waals surface area contributed by atoms with Crippen molar-refractivity contribution in [2.45, 2.75) is 33.2 Å². The van der Waals surface area contributed by atoms with Gasteiger partial charge in [0.05, 0.1) is 13.2 Å². The van der Waals surface area contributed by atoms with Gasteiger partial charge in [0.15, 0.2) is 11.5 Å². The summed E-state index contributed by atoms with van der Waals surface area (Å²) in [5.74, 6) is 1.47. The summed E-state index contributed by atoms with van der Waals surface area (Å²) in [6, 6.07) is 3.80. The van der Waals surface area contributed by atoms with Crippen LogP contribution in [-0.4, -0.2) is 33.5 Å². The van der Waals surface area contributed by atoms with E-state index in [1.54, 1.807) is 7.11 Å². The van der Waals surface area contributed by atoms with Gasteiger partial charge >= 0.3 is 0 Å². The molecular formula is C16H26ClNO3. The molecule has 0 spiro atoms. The number of halogens is 1. The quantitative estimate of drug-likeness (QED) is 0.633. The fourth-order valence-electron chi connectivity index (χ4n) is 1.87. The van der Waals surface area contributed by atoms with Crippen LogP contribution in [-0.2, 0) is 11.3 Å². The Labute approximate surface area is 132 Å². The number of benzene rings is 1. The molecule has 0 saturated carbocycles. The maximum Gasteiger partial charge on any atom is 0.162 e. The molecule has 0 saturated heterocycles. The zero-order valence-electron chi connectivity index (χ0n) is 13.2. The molecule has 0 fully saturated rings. The van der Waals surface area contributed by atoms with Crippen molar-refractivity contribution >= 4 is 11.6 Å². The lowest BCUT2D eigenvalue weighted by atomic mass is 10.2. The standard InChI is InChI=1S/C16H26ClNO3/c1-4-8-21-16-11-14(17)13(10-15(16)20-5-2)12-18-7-6-9-19-3/h10-11,18H,4-9,12H2,1-3H3. The molecule has 4 nitrogen and oxygen atoms in total. The zero-order chi connectivity index (χ0) is 15.5. The maximum atomic E-state index is 6.32. The molecule has 0 atom stereocenters. The van der Waals surface area contributed by atoms with Crippen LogP contribution in [0, 0.1) is 0 Å². The van der Waals surface area contributed by atoms with Gasteiger partial charge in [-0.15, -0.1) is 0 Å². The van der Waals surface area contributed by atoms with Gasteiger partial charge in [0.2, 0.25) is 0 Å². The summed E-state index contributed by atoms with van der Waals surface area (Å²) >= 11 is 6.32. The van der Waals surface area contributed by atoms with E-state index in [4.69, 9.17) is 25.8 Å². The van der Waals surface area contributed by atoms with Gasteiger partial charge in [-0.1, -0.05) is 18.5 Å². The van der Waals surface area contributed by atoms with E-state index >= 15 is 0 Å². The van der Waals surface area contributed by atoms with Crippen LogP contribution in [0.1, 0.15) is 32.3 Å². The van der Waals surface area contributed by atoms with Gasteiger partial charge in [0.25, 0.3) is 0 Å². The highest BCUT2D eigenvalue weighted by Crippen LogP contribution is 2.33. The van der Waals surface area contributed by atoms with Gasteiger partial charge in [0, 0.05) is 31.4 Å². The second-order valence-corrected chi connectivity index (χ2v) is 5.10. The van der Waals surface area contributed by atoms with E-state index in [0.717, 1.165) is 37.3 Å². The Kier molecular flexibility index (Phi) is 9.22. The van der Waals surface area contributed by atoms with Crippen molar-refractivity contribution < 1.29 is 14.2 Å². The van der Waals surface area contributed by atoms with Gasteiger partial charge in [-0.3, -0.25) is 0 Å². The normalized spacial score (nSPS) is 10.7. The van der Waals surface area contributed by atoms with E-state index in [-0.39, 0.29) is 0 Å². The highest BCUT2D eigenvalue weighted by molar-refractivity contribution is 6.31. The van der Waals surface area contributed by atoms with E-state index in [1.807, 2.05) is 19.1 Å². The Morgan fingerprint density at radius 2 is 1.86 bits per heavy atom. The summed E-state index contributed by atoms with van der Waals surface area (Å²) in [6.45, 7) is 7.64. The minimum atomic E-state index is 0.602. The Morgan fingerprint density at radius 3 is 2.52 bits per heavy atom. The van der Waals surface area contributed by atoms with Crippen LogP contribution >= 0.6 is 11.6 Å². The van der Waals surface area contributed by atoms with Crippen LogP contribution in [0.3, 0.4) is 0 Å². The monoisotopic (exact) mass is 315 g/mol. The molecule has 1 rings (SSSR count). The number of hydrogen-bond donors (Lipinski definition) is 1. The molecule has 0 unspecified atom stereocenters. The van der Waals surface area contributed by atoms with Crippen molar-refractivity contribution in [3.8, 4) is 11.5 Å². The summed E-state index contributed by atoms with van der Waals surface area (Å²) in [6.07, 6.45) is 1.93. The molecule has 0 bridgehead atoms. The van der Waals surface area contributed by atoms with E-state index in [1.165, 1.54) is 0 Å². The predicted octanol–water partition coefficient (Wildman–Crippen LogP) is 3.65. The SMILES string of the molecule is CCCOc1cc(Cl)c(CNCCCOC)cc1OCC. The van der Waals surface area contributed by atoms with Gasteiger partial charge in [-0.2, -0.15) is 0 Å². The Balaban J connectivity index is 2.68. The highest BCUT2D eigenvalue weighted by atomic mass is 35.5. The van der Waals surface area contributed by atoms with Crippen molar-refractivity contribution in [1.29, 1.82) is 0 Å². The Morgan fingerprint density at radius 1 is 1.10 bits per heavy atom. The van der Waals surface area contributed by atoms with Gasteiger partial charge in [-0.05, 0) is 37.9 Å². The Hall–Kier alpha value is -0.970. The highest BCUT2D eigenvalue weighted by Gasteiger charge is 2.11. The summed E-state index contributed by atoms with van der Waals surface area (Å²) in [7, 11) is 1.71. The second-order valence-electron chi connectivity index (χ2n) is 4.69. The van der Waals surface area contributed by atoms with E-state index in [2.05, 4.69) is 12.2 Å². The fraction of sp³-hybridized carbons (Fsp3) is 0.625. The van der Waals surface area contributed by atoms with Crippen LogP contribution in [0.5, 0.6) is 11.5 Å². The third kappa shape index (κ3) is 6.55. The first-order valence-corrected chi connectivity index (χ1v) is 7.88. The first-order valence-electron chi connectivity index (χ1n) is 7.50. The first-order chi connectivity index (χ1) is 10.2. The van der Waals surface area contributed by atoms with Gasteiger partial charge in [0.1, 0.15) is 0 Å². The van der Waals surface area contributed by atoms with Crippen molar-refractivity contribution in [3.63, 3.8) is 0 Å². The summed E-state index contributed by atoms with van der Waals surface area (Å²) < 4.78 is 16.3. The third-order valence-electron chi connectivity index (χ3n) is 2.89. The minimum absolute atomic E-state index is 0.602. The summed E-state index contributed by atoms with van der Waals surface area (Å²) in [4.78, 5) is 0. The average Bonchev–Trinajstić information content (AvgIpc) is 2.48. The molecule has 0 aliphatic rings. The van der Waals surface area contributed by atoms with Crippen molar-refractivity contribution in [2.75, 3.05) is 33.5 Å². The molecule has 0 aliphatic heterocycles. The molecule has 0 amide bonds. The molecule has 1 N–H and O–H groups in total. The lowest BCUT2D eigenvalue weighted by Gasteiger charge is -2.15. The number of nitrogens with one attached hydrogen (secondary N) is 1. The molecule has 120 valence electrons. The lowest BCUT2D eigenvalue weighted by Crippen LogP contribution is -2.16. The third-order valence-corrected chi connectivity index (χ3v) is 3.24. The van der Waals surface area contributed by atoms with Gasteiger partial charge in [-0.25, -0.2) is 0 Å². The molecule has 21 heavy (non-hydrogen) atoms. The summed E-state index contributed by atoms with van der Waals surface area (Å²) in [5, 5.41) is 4.05. The molecule has 1 aromatic rings. The van der Waals surface area contributed by atoms with E-state index < -0.39 is 0 Å². The van der Waals surface area contributed by atoms with Crippen LogP contribution in [0.15, 0.2) is 12.1 Å². The molecule has 0 aliphatic carbocycles. The van der Waals surface area contributed by atoms with Crippen molar-refractivity contribution in [1.82, 2.24) is 5.32 Å². The maximum absolute atomic E-state index is 6.32.